The van der Waals surface area contributed by atoms with Gasteiger partial charge in [0.2, 0.25) is 15.9 Å². The Balaban J connectivity index is 1.72. The van der Waals surface area contributed by atoms with Gasteiger partial charge in [-0.15, -0.1) is 0 Å². The van der Waals surface area contributed by atoms with Gasteiger partial charge in [0.05, 0.1) is 22.3 Å². The van der Waals surface area contributed by atoms with Crippen LogP contribution in [0.3, 0.4) is 0 Å². The maximum Gasteiger partial charge on any atom is 0.411 e. The van der Waals surface area contributed by atoms with Crippen molar-refractivity contribution in [3.63, 3.8) is 0 Å². The summed E-state index contributed by atoms with van der Waals surface area (Å²) in [6, 6.07) is 11.5. The highest BCUT2D eigenvalue weighted by molar-refractivity contribution is 7.89. The Labute approximate surface area is 200 Å². The van der Waals surface area contributed by atoms with Gasteiger partial charge in [0, 0.05) is 13.0 Å². The zero-order valence-electron chi connectivity index (χ0n) is 19.5. The number of carbonyl (C=O) groups excluding carboxylic acids is 1. The predicted molar refractivity (Wildman–Crippen MR) is 132 cm³/mol. The van der Waals surface area contributed by atoms with Gasteiger partial charge in [-0.1, -0.05) is 37.5 Å². The highest BCUT2D eigenvalue weighted by Crippen LogP contribution is 2.40. The molecule has 2 aromatic rings. The quantitative estimate of drug-likeness (QED) is 0.651. The molecule has 4 rings (SSSR count). The van der Waals surface area contributed by atoms with E-state index >= 15 is 0 Å². The summed E-state index contributed by atoms with van der Waals surface area (Å²) in [7, 11) is -2.27. The maximum absolute atomic E-state index is 13.3. The average molecular weight is 486 g/mol. The number of amides is 2. The fourth-order valence-electron chi connectivity index (χ4n) is 5.06. The molecule has 2 aromatic carbocycles. The van der Waals surface area contributed by atoms with Gasteiger partial charge < -0.3 is 10.0 Å². The number of sulfonamides is 1. The van der Waals surface area contributed by atoms with Crippen molar-refractivity contribution in [3.05, 3.63) is 42.5 Å². The van der Waals surface area contributed by atoms with Gasteiger partial charge in [-0.25, -0.2) is 17.9 Å². The van der Waals surface area contributed by atoms with Crippen molar-refractivity contribution in [2.24, 2.45) is 5.92 Å². The van der Waals surface area contributed by atoms with Crippen LogP contribution in [0.1, 0.15) is 45.4 Å². The zero-order valence-corrected chi connectivity index (χ0v) is 20.3. The topological polar surface area (TPSA) is 107 Å². The molecule has 1 saturated carbocycles. The van der Waals surface area contributed by atoms with Crippen LogP contribution in [0.2, 0.25) is 0 Å². The summed E-state index contributed by atoms with van der Waals surface area (Å²) in [4.78, 5) is 28.5. The molecule has 2 amide bonds. The smallest absolute Gasteiger partial charge is 0.411 e. The van der Waals surface area contributed by atoms with Crippen LogP contribution in [0.15, 0.2) is 47.4 Å². The number of rotatable bonds is 5. The van der Waals surface area contributed by atoms with Crippen LogP contribution in [-0.4, -0.2) is 45.2 Å². The molecule has 1 aliphatic carbocycles. The molecular formula is C25H31N3O5S. The molecule has 9 heteroatoms. The van der Waals surface area contributed by atoms with Crippen molar-refractivity contribution in [2.75, 3.05) is 23.4 Å². The number of hydrogen-bond donors (Lipinski definition) is 2. The molecule has 0 spiro atoms. The lowest BCUT2D eigenvalue weighted by Gasteiger charge is -2.41. The average Bonchev–Trinajstić information content (AvgIpc) is 2.83. The van der Waals surface area contributed by atoms with Crippen LogP contribution in [0.5, 0.6) is 0 Å². The van der Waals surface area contributed by atoms with Crippen LogP contribution in [0.25, 0.3) is 11.1 Å². The zero-order chi connectivity index (χ0) is 24.5. The Kier molecular flexibility index (Phi) is 6.95. The number of benzene rings is 2. The molecule has 2 aliphatic rings. The Morgan fingerprint density at radius 3 is 2.41 bits per heavy atom. The van der Waals surface area contributed by atoms with Crippen LogP contribution in [-0.2, 0) is 14.8 Å². The van der Waals surface area contributed by atoms with Gasteiger partial charge in [0.15, 0.2) is 0 Å². The van der Waals surface area contributed by atoms with E-state index in [1.54, 1.807) is 35.2 Å². The number of carbonyl (C=O) groups is 2. The first-order chi connectivity index (χ1) is 16.2. The Morgan fingerprint density at radius 2 is 1.74 bits per heavy atom. The summed E-state index contributed by atoms with van der Waals surface area (Å²) in [5.41, 5.74) is 2.32. The Morgan fingerprint density at radius 1 is 1.03 bits per heavy atom. The van der Waals surface area contributed by atoms with Gasteiger partial charge in [-0.05, 0) is 68.1 Å². The molecule has 0 bridgehead atoms. The normalized spacial score (nSPS) is 19.1. The van der Waals surface area contributed by atoms with Crippen molar-refractivity contribution in [1.29, 1.82) is 0 Å². The van der Waals surface area contributed by atoms with E-state index in [2.05, 4.69) is 4.72 Å². The first-order valence-electron chi connectivity index (χ1n) is 11.7. The molecule has 1 aliphatic heterocycles. The van der Waals surface area contributed by atoms with E-state index in [-0.39, 0.29) is 23.4 Å². The summed E-state index contributed by atoms with van der Waals surface area (Å²) in [6.45, 7) is 2.05. The number of hydrogen-bond acceptors (Lipinski definition) is 4. The Bertz CT molecular complexity index is 1190. The second kappa shape index (κ2) is 9.76. The number of fused-ring (bicyclic) bond motifs is 1. The molecule has 1 heterocycles. The van der Waals surface area contributed by atoms with E-state index in [0.29, 0.717) is 34.8 Å². The maximum atomic E-state index is 13.3. The number of nitrogens with zero attached hydrogens (tertiary/aromatic N) is 2. The van der Waals surface area contributed by atoms with Gasteiger partial charge >= 0.3 is 6.09 Å². The molecule has 34 heavy (non-hydrogen) atoms. The van der Waals surface area contributed by atoms with E-state index in [9.17, 15) is 23.1 Å². The molecule has 1 fully saturated rings. The number of carboxylic acid groups (broad SMARTS) is 1. The monoisotopic (exact) mass is 485 g/mol. The van der Waals surface area contributed by atoms with Crippen molar-refractivity contribution >= 4 is 33.4 Å². The Hall–Kier alpha value is -2.91. The molecule has 0 unspecified atom stereocenters. The summed E-state index contributed by atoms with van der Waals surface area (Å²) < 4.78 is 26.8. The van der Waals surface area contributed by atoms with Crippen molar-refractivity contribution in [3.8, 4) is 11.1 Å². The molecule has 0 saturated heterocycles. The van der Waals surface area contributed by atoms with Crippen LogP contribution in [0, 0.1) is 5.92 Å². The van der Waals surface area contributed by atoms with Crippen molar-refractivity contribution < 1.29 is 23.1 Å². The fraction of sp³-hybridized carbons (Fsp3) is 0.440. The molecule has 182 valence electrons. The van der Waals surface area contributed by atoms with Gasteiger partial charge in [-0.3, -0.25) is 9.69 Å². The second-order valence-corrected chi connectivity index (χ2v) is 11.0. The molecule has 1 atom stereocenters. The summed E-state index contributed by atoms with van der Waals surface area (Å²) >= 11 is 0. The minimum atomic E-state index is -3.62. The van der Waals surface area contributed by atoms with E-state index < -0.39 is 16.1 Å². The lowest BCUT2D eigenvalue weighted by atomic mass is 9.86. The largest absolute Gasteiger partial charge is 0.465 e. The third-order valence-corrected chi connectivity index (χ3v) is 8.26. The minimum absolute atomic E-state index is 0.0283. The predicted octanol–water partition coefficient (Wildman–Crippen LogP) is 4.45. The summed E-state index contributed by atoms with van der Waals surface area (Å²) in [5, 5.41) is 9.87. The highest BCUT2D eigenvalue weighted by Gasteiger charge is 2.36. The third kappa shape index (κ3) is 4.81. The molecular weight excluding hydrogens is 454 g/mol. The first-order valence-corrected chi connectivity index (χ1v) is 13.2. The van der Waals surface area contributed by atoms with Crippen LogP contribution < -0.4 is 14.5 Å². The van der Waals surface area contributed by atoms with E-state index in [1.165, 1.54) is 24.4 Å². The molecule has 2 N–H and O–H groups in total. The van der Waals surface area contributed by atoms with E-state index in [0.717, 1.165) is 25.7 Å². The first kappa shape index (κ1) is 24.2. The minimum Gasteiger partial charge on any atom is -0.465 e. The van der Waals surface area contributed by atoms with E-state index in [4.69, 9.17) is 0 Å². The molecule has 0 aromatic heterocycles. The van der Waals surface area contributed by atoms with Crippen molar-refractivity contribution in [2.45, 2.75) is 56.4 Å². The fourth-order valence-corrected chi connectivity index (χ4v) is 5.84. The van der Waals surface area contributed by atoms with Crippen LogP contribution >= 0.6 is 0 Å². The van der Waals surface area contributed by atoms with E-state index in [1.807, 2.05) is 13.0 Å². The number of nitrogens with one attached hydrogen (secondary N) is 1. The second-order valence-electron chi connectivity index (χ2n) is 9.15. The standard InChI is InChI=1S/C25H31N3O5S/c1-17-16-27(25(30)31)23-15-20(19-9-6-10-21(14-19)34(32,33)26-2)11-12-22(23)28(17)24(29)13-18-7-4-3-5-8-18/h6,9-12,14-15,17-18,26H,3-5,7-8,13,16H2,1-2H3,(H,30,31)/t17-/m0/s1. The van der Waals surface area contributed by atoms with Gasteiger partial charge in [0.25, 0.3) is 0 Å². The molecule has 0 radical (unpaired) electrons. The van der Waals surface area contributed by atoms with Gasteiger partial charge in [0.1, 0.15) is 0 Å². The summed E-state index contributed by atoms with van der Waals surface area (Å²) in [6.07, 6.45) is 5.05. The molecule has 8 nitrogen and oxygen atoms in total. The number of anilines is 2. The van der Waals surface area contributed by atoms with Gasteiger partial charge in [-0.2, -0.15) is 0 Å². The SMILES string of the molecule is CNS(=O)(=O)c1cccc(-c2ccc3c(c2)N(C(=O)O)C[C@H](C)N3C(=O)CC2CCCCC2)c1. The van der Waals surface area contributed by atoms with Crippen molar-refractivity contribution in [1.82, 2.24) is 4.72 Å². The summed E-state index contributed by atoms with van der Waals surface area (Å²) in [5.74, 6) is 0.408. The lowest BCUT2D eigenvalue weighted by molar-refractivity contribution is -0.120. The lowest BCUT2D eigenvalue weighted by Crippen LogP contribution is -2.52. The van der Waals surface area contributed by atoms with Crippen LogP contribution in [0.4, 0.5) is 16.2 Å². The third-order valence-electron chi connectivity index (χ3n) is 6.85. The highest BCUT2D eigenvalue weighted by atomic mass is 32.2.